The predicted molar refractivity (Wildman–Crippen MR) is 73.7 cm³/mol. The van der Waals surface area contributed by atoms with E-state index in [4.69, 9.17) is 5.11 Å². The molecule has 0 amide bonds. The summed E-state index contributed by atoms with van der Waals surface area (Å²) in [4.78, 5) is 11.0. The number of hydrogen-bond donors (Lipinski definition) is 1. The van der Waals surface area contributed by atoms with Crippen molar-refractivity contribution < 1.29 is 18.3 Å². The Balaban J connectivity index is 2.37. The van der Waals surface area contributed by atoms with Crippen LogP contribution in [0.25, 0.3) is 0 Å². The van der Waals surface area contributed by atoms with E-state index in [0.717, 1.165) is 19.3 Å². The summed E-state index contributed by atoms with van der Waals surface area (Å²) < 4.78 is 26.6. The van der Waals surface area contributed by atoms with Gasteiger partial charge in [0.25, 0.3) is 0 Å². The monoisotopic (exact) mass is 347 g/mol. The molecule has 0 spiro atoms. The molecule has 0 aromatic heterocycles. The molecule has 1 aliphatic heterocycles. The highest BCUT2D eigenvalue weighted by molar-refractivity contribution is 9.10. The Hall–Kier alpha value is -0.920. The van der Waals surface area contributed by atoms with Crippen LogP contribution in [-0.4, -0.2) is 36.9 Å². The first-order valence-electron chi connectivity index (χ1n) is 5.96. The summed E-state index contributed by atoms with van der Waals surface area (Å²) in [7, 11) is -3.54. The van der Waals surface area contributed by atoms with Gasteiger partial charge in [-0.3, -0.25) is 0 Å². The third-order valence-corrected chi connectivity index (χ3v) is 5.99. The van der Waals surface area contributed by atoms with Crippen molar-refractivity contribution in [2.75, 3.05) is 13.1 Å². The summed E-state index contributed by atoms with van der Waals surface area (Å²) >= 11 is 3.15. The highest BCUT2D eigenvalue weighted by Crippen LogP contribution is 2.28. The second-order valence-corrected chi connectivity index (χ2v) is 7.18. The van der Waals surface area contributed by atoms with E-state index >= 15 is 0 Å². The Bertz CT molecular complexity index is 594. The Labute approximate surface area is 120 Å². The Kier molecular flexibility index (Phi) is 4.27. The van der Waals surface area contributed by atoms with E-state index in [2.05, 4.69) is 15.9 Å². The van der Waals surface area contributed by atoms with Crippen molar-refractivity contribution >= 4 is 31.9 Å². The molecular formula is C12H14BrNO4S. The maximum Gasteiger partial charge on any atom is 0.335 e. The predicted octanol–water partition coefficient (Wildman–Crippen LogP) is 2.32. The van der Waals surface area contributed by atoms with Crippen LogP contribution in [0.4, 0.5) is 0 Å². The number of carboxylic acid groups (broad SMARTS) is 1. The van der Waals surface area contributed by atoms with Crippen molar-refractivity contribution in [3.05, 3.63) is 28.2 Å². The molecular weight excluding hydrogens is 334 g/mol. The van der Waals surface area contributed by atoms with E-state index < -0.39 is 16.0 Å². The summed E-state index contributed by atoms with van der Waals surface area (Å²) in [6, 6.07) is 3.97. The highest BCUT2D eigenvalue weighted by Gasteiger charge is 2.28. The average Bonchev–Trinajstić information content (AvgIpc) is 2.39. The van der Waals surface area contributed by atoms with Crippen molar-refractivity contribution in [2.24, 2.45) is 0 Å². The fourth-order valence-corrected chi connectivity index (χ4v) is 4.64. The van der Waals surface area contributed by atoms with Gasteiger partial charge in [-0.1, -0.05) is 6.42 Å². The molecule has 1 aromatic rings. The molecule has 0 unspecified atom stereocenters. The highest BCUT2D eigenvalue weighted by atomic mass is 79.9. The zero-order valence-electron chi connectivity index (χ0n) is 10.2. The first kappa shape index (κ1) is 14.5. The summed E-state index contributed by atoms with van der Waals surface area (Å²) in [6.07, 6.45) is 2.78. The second-order valence-electron chi connectivity index (χ2n) is 4.42. The number of rotatable bonds is 3. The van der Waals surface area contributed by atoms with Crippen LogP contribution in [0.5, 0.6) is 0 Å². The summed E-state index contributed by atoms with van der Waals surface area (Å²) in [5, 5.41) is 8.87. The Morgan fingerprint density at radius 1 is 1.21 bits per heavy atom. The van der Waals surface area contributed by atoms with Gasteiger partial charge in [0.2, 0.25) is 10.0 Å². The lowest BCUT2D eigenvalue weighted by atomic mass is 10.2. The van der Waals surface area contributed by atoms with Gasteiger partial charge >= 0.3 is 5.97 Å². The SMILES string of the molecule is O=C(O)c1ccc(S(=O)(=O)N2CCCCC2)c(Br)c1. The smallest absolute Gasteiger partial charge is 0.335 e. The molecule has 1 aromatic carbocycles. The second kappa shape index (κ2) is 5.60. The zero-order chi connectivity index (χ0) is 14.0. The van der Waals surface area contributed by atoms with Crippen LogP contribution >= 0.6 is 15.9 Å². The van der Waals surface area contributed by atoms with Gasteiger partial charge in [-0.05, 0) is 47.0 Å². The third kappa shape index (κ3) is 2.98. The van der Waals surface area contributed by atoms with E-state index in [1.54, 1.807) is 0 Å². The largest absolute Gasteiger partial charge is 0.478 e. The van der Waals surface area contributed by atoms with Gasteiger partial charge in [-0.2, -0.15) is 4.31 Å². The minimum Gasteiger partial charge on any atom is -0.478 e. The summed E-state index contributed by atoms with van der Waals surface area (Å²) in [6.45, 7) is 1.05. The molecule has 1 fully saturated rings. The zero-order valence-corrected chi connectivity index (χ0v) is 12.6. The number of carboxylic acids is 1. The van der Waals surface area contributed by atoms with Crippen molar-refractivity contribution in [1.82, 2.24) is 4.31 Å². The van der Waals surface area contributed by atoms with E-state index in [1.807, 2.05) is 0 Å². The normalized spacial score (nSPS) is 17.3. The first-order chi connectivity index (χ1) is 8.93. The maximum absolute atomic E-state index is 12.4. The third-order valence-electron chi connectivity index (χ3n) is 3.11. The van der Waals surface area contributed by atoms with Crippen molar-refractivity contribution in [2.45, 2.75) is 24.2 Å². The van der Waals surface area contributed by atoms with E-state index in [-0.39, 0.29) is 14.9 Å². The number of carbonyl (C=O) groups is 1. The molecule has 0 bridgehead atoms. The van der Waals surface area contributed by atoms with E-state index in [9.17, 15) is 13.2 Å². The first-order valence-corrected chi connectivity index (χ1v) is 8.19. The van der Waals surface area contributed by atoms with E-state index in [0.29, 0.717) is 13.1 Å². The van der Waals surface area contributed by atoms with Crippen LogP contribution in [0.3, 0.4) is 0 Å². The number of benzene rings is 1. The minimum absolute atomic E-state index is 0.0597. The van der Waals surface area contributed by atoms with Gasteiger partial charge < -0.3 is 5.11 Å². The number of halogens is 1. The lowest BCUT2D eigenvalue weighted by Gasteiger charge is -2.26. The molecule has 0 atom stereocenters. The Morgan fingerprint density at radius 3 is 2.37 bits per heavy atom. The van der Waals surface area contributed by atoms with Gasteiger partial charge in [0, 0.05) is 17.6 Å². The fraction of sp³-hybridized carbons (Fsp3) is 0.417. The molecule has 104 valence electrons. The molecule has 19 heavy (non-hydrogen) atoms. The molecule has 1 N–H and O–H groups in total. The molecule has 1 aliphatic rings. The van der Waals surface area contributed by atoms with Gasteiger partial charge in [0.15, 0.2) is 0 Å². The number of aromatic carboxylic acids is 1. The summed E-state index contributed by atoms with van der Waals surface area (Å²) in [5.74, 6) is -1.08. The topological polar surface area (TPSA) is 74.7 Å². The molecule has 5 nitrogen and oxygen atoms in total. The van der Waals surface area contributed by atoms with E-state index in [1.165, 1.54) is 22.5 Å². The molecule has 0 aliphatic carbocycles. The number of sulfonamides is 1. The minimum atomic E-state index is -3.54. The van der Waals surface area contributed by atoms with Gasteiger partial charge in [-0.15, -0.1) is 0 Å². The molecule has 1 saturated heterocycles. The summed E-state index contributed by atoms with van der Waals surface area (Å²) in [5.41, 5.74) is 0.0597. The lowest BCUT2D eigenvalue weighted by molar-refractivity contribution is 0.0696. The number of nitrogens with zero attached hydrogens (tertiary/aromatic N) is 1. The van der Waals surface area contributed by atoms with Crippen LogP contribution in [-0.2, 0) is 10.0 Å². The number of piperidine rings is 1. The molecule has 7 heteroatoms. The molecule has 0 saturated carbocycles. The van der Waals surface area contributed by atoms with Gasteiger partial charge in [0.1, 0.15) is 0 Å². The Morgan fingerprint density at radius 2 is 1.84 bits per heavy atom. The van der Waals surface area contributed by atoms with Crippen LogP contribution in [0.1, 0.15) is 29.6 Å². The van der Waals surface area contributed by atoms with Crippen molar-refractivity contribution in [1.29, 1.82) is 0 Å². The van der Waals surface area contributed by atoms with Crippen molar-refractivity contribution in [3.63, 3.8) is 0 Å². The van der Waals surface area contributed by atoms with Crippen LogP contribution in [0.2, 0.25) is 0 Å². The van der Waals surface area contributed by atoms with Gasteiger partial charge in [0.05, 0.1) is 10.5 Å². The molecule has 2 rings (SSSR count). The number of hydrogen-bond acceptors (Lipinski definition) is 3. The standard InChI is InChI=1S/C12H14BrNO4S/c13-10-8-9(12(15)16)4-5-11(10)19(17,18)14-6-2-1-3-7-14/h4-5,8H,1-3,6-7H2,(H,15,16). The van der Waals surface area contributed by atoms with Gasteiger partial charge in [-0.25, -0.2) is 13.2 Å². The fourth-order valence-electron chi connectivity index (χ4n) is 2.09. The van der Waals surface area contributed by atoms with Crippen LogP contribution in [0, 0.1) is 0 Å². The quantitative estimate of drug-likeness (QED) is 0.910. The average molecular weight is 348 g/mol. The maximum atomic E-state index is 12.4. The molecule has 1 heterocycles. The lowest BCUT2D eigenvalue weighted by Crippen LogP contribution is -2.35. The van der Waals surface area contributed by atoms with Crippen LogP contribution in [0.15, 0.2) is 27.6 Å². The van der Waals surface area contributed by atoms with Crippen molar-refractivity contribution in [3.8, 4) is 0 Å². The molecule has 0 radical (unpaired) electrons. The van der Waals surface area contributed by atoms with Crippen LogP contribution < -0.4 is 0 Å².